The van der Waals surface area contributed by atoms with Crippen molar-refractivity contribution in [1.82, 2.24) is 10.3 Å². The van der Waals surface area contributed by atoms with Gasteiger partial charge in [-0.25, -0.2) is 4.98 Å². The summed E-state index contributed by atoms with van der Waals surface area (Å²) in [6, 6.07) is 4.13. The standard InChI is InChI=1S/C18H28N4OS/c1-13-8-14(2)12-22(11-13)17-6-5-15(9-19-17)21-18(24)20-10-16-4-3-7-23-16/h5-6,9,13-14,16H,3-4,7-8,10-12H2,1-2H3,(H2,20,21,24)/t13-,14+,16-/m1/s1. The Labute approximate surface area is 150 Å². The van der Waals surface area contributed by atoms with Gasteiger partial charge in [0.15, 0.2) is 5.11 Å². The molecule has 5 nitrogen and oxygen atoms in total. The highest BCUT2D eigenvalue weighted by Crippen LogP contribution is 2.25. The Kier molecular flexibility index (Phi) is 5.89. The summed E-state index contributed by atoms with van der Waals surface area (Å²) >= 11 is 5.34. The molecule has 0 aromatic carbocycles. The molecule has 2 fully saturated rings. The van der Waals surface area contributed by atoms with Gasteiger partial charge in [0.05, 0.1) is 18.0 Å². The van der Waals surface area contributed by atoms with Crippen LogP contribution in [-0.4, -0.2) is 42.4 Å². The average molecular weight is 349 g/mol. The fourth-order valence-corrected chi connectivity index (χ4v) is 3.89. The number of rotatable bonds is 4. The zero-order valence-electron chi connectivity index (χ0n) is 14.6. The van der Waals surface area contributed by atoms with E-state index < -0.39 is 0 Å². The smallest absolute Gasteiger partial charge is 0.170 e. The third-order valence-corrected chi connectivity index (χ3v) is 4.96. The van der Waals surface area contributed by atoms with Gasteiger partial charge < -0.3 is 20.3 Å². The molecule has 2 aliphatic rings. The largest absolute Gasteiger partial charge is 0.376 e. The van der Waals surface area contributed by atoms with Crippen LogP contribution in [0, 0.1) is 11.8 Å². The zero-order chi connectivity index (χ0) is 16.9. The Hall–Kier alpha value is -1.40. The Morgan fingerprint density at radius 2 is 2.12 bits per heavy atom. The summed E-state index contributed by atoms with van der Waals surface area (Å²) < 4.78 is 5.59. The molecule has 0 radical (unpaired) electrons. The number of thiocarbonyl (C=S) groups is 1. The predicted molar refractivity (Wildman–Crippen MR) is 103 cm³/mol. The molecule has 3 rings (SSSR count). The molecule has 2 aliphatic heterocycles. The van der Waals surface area contributed by atoms with Crippen molar-refractivity contribution < 1.29 is 4.74 Å². The molecule has 2 N–H and O–H groups in total. The van der Waals surface area contributed by atoms with Crippen LogP contribution in [-0.2, 0) is 4.74 Å². The molecule has 0 bridgehead atoms. The molecule has 0 spiro atoms. The lowest BCUT2D eigenvalue weighted by Gasteiger charge is -2.35. The minimum atomic E-state index is 0.285. The third-order valence-electron chi connectivity index (χ3n) is 4.71. The Bertz CT molecular complexity index is 534. The van der Waals surface area contributed by atoms with Crippen LogP contribution in [0.15, 0.2) is 18.3 Å². The van der Waals surface area contributed by atoms with Crippen LogP contribution in [0.25, 0.3) is 0 Å². The Morgan fingerprint density at radius 1 is 1.33 bits per heavy atom. The molecule has 3 heterocycles. The van der Waals surface area contributed by atoms with Gasteiger partial charge in [-0.2, -0.15) is 0 Å². The van der Waals surface area contributed by atoms with Crippen molar-refractivity contribution in [2.24, 2.45) is 11.8 Å². The molecule has 6 heteroatoms. The number of ether oxygens (including phenoxy) is 1. The topological polar surface area (TPSA) is 49.4 Å². The van der Waals surface area contributed by atoms with Crippen LogP contribution in [0.4, 0.5) is 11.5 Å². The van der Waals surface area contributed by atoms with E-state index in [9.17, 15) is 0 Å². The maximum absolute atomic E-state index is 5.59. The van der Waals surface area contributed by atoms with E-state index in [1.807, 2.05) is 12.3 Å². The summed E-state index contributed by atoms with van der Waals surface area (Å²) in [5.41, 5.74) is 0.918. The van der Waals surface area contributed by atoms with Gasteiger partial charge in [-0.1, -0.05) is 13.8 Å². The summed E-state index contributed by atoms with van der Waals surface area (Å²) in [6.45, 7) is 8.44. The Morgan fingerprint density at radius 3 is 2.75 bits per heavy atom. The van der Waals surface area contributed by atoms with Gasteiger partial charge >= 0.3 is 0 Å². The maximum atomic E-state index is 5.59. The first-order chi connectivity index (χ1) is 11.6. The predicted octanol–water partition coefficient (Wildman–Crippen LogP) is 3.03. The van der Waals surface area contributed by atoms with Gasteiger partial charge in [-0.15, -0.1) is 0 Å². The number of piperidine rings is 1. The second kappa shape index (κ2) is 8.12. The number of hydrogen-bond donors (Lipinski definition) is 2. The molecule has 0 unspecified atom stereocenters. The first-order valence-corrected chi connectivity index (χ1v) is 9.38. The van der Waals surface area contributed by atoms with E-state index in [1.165, 1.54) is 6.42 Å². The van der Waals surface area contributed by atoms with E-state index in [2.05, 4.69) is 40.4 Å². The van der Waals surface area contributed by atoms with Gasteiger partial charge in [0.2, 0.25) is 0 Å². The lowest BCUT2D eigenvalue weighted by Crippen LogP contribution is -2.39. The number of nitrogens with zero attached hydrogens (tertiary/aromatic N) is 2. The monoisotopic (exact) mass is 348 g/mol. The second-order valence-electron chi connectivity index (χ2n) is 7.23. The highest BCUT2D eigenvalue weighted by atomic mass is 32.1. The minimum Gasteiger partial charge on any atom is -0.376 e. The number of hydrogen-bond acceptors (Lipinski definition) is 4. The summed E-state index contributed by atoms with van der Waals surface area (Å²) in [5, 5.41) is 7.04. The number of nitrogens with one attached hydrogen (secondary N) is 2. The highest BCUT2D eigenvalue weighted by Gasteiger charge is 2.22. The first-order valence-electron chi connectivity index (χ1n) is 8.97. The lowest BCUT2D eigenvalue weighted by atomic mass is 9.92. The SMILES string of the molecule is C[C@@H]1C[C@H](C)CN(c2ccc(NC(=S)NC[C@H]3CCCO3)cn2)C1. The molecule has 24 heavy (non-hydrogen) atoms. The van der Waals surface area contributed by atoms with Gasteiger partial charge in [0.25, 0.3) is 0 Å². The average Bonchev–Trinajstić information content (AvgIpc) is 3.06. The molecule has 0 amide bonds. The lowest BCUT2D eigenvalue weighted by molar-refractivity contribution is 0.114. The molecule has 0 saturated carbocycles. The van der Waals surface area contributed by atoms with Crippen molar-refractivity contribution in [3.05, 3.63) is 18.3 Å². The minimum absolute atomic E-state index is 0.285. The fourth-order valence-electron chi connectivity index (χ4n) is 3.68. The number of aromatic nitrogens is 1. The molecule has 1 aromatic rings. The van der Waals surface area contributed by atoms with Crippen LogP contribution in [0.5, 0.6) is 0 Å². The highest BCUT2D eigenvalue weighted by molar-refractivity contribution is 7.80. The van der Waals surface area contributed by atoms with Crippen LogP contribution in [0.3, 0.4) is 0 Å². The van der Waals surface area contributed by atoms with E-state index in [-0.39, 0.29) is 6.10 Å². The quantitative estimate of drug-likeness (QED) is 0.816. The van der Waals surface area contributed by atoms with Gasteiger partial charge in [-0.3, -0.25) is 0 Å². The van der Waals surface area contributed by atoms with Gasteiger partial charge in [0.1, 0.15) is 5.82 Å². The second-order valence-corrected chi connectivity index (χ2v) is 7.63. The van der Waals surface area contributed by atoms with Crippen LogP contribution in [0.1, 0.15) is 33.1 Å². The molecular formula is C18H28N4OS. The first kappa shape index (κ1) is 17.4. The van der Waals surface area contributed by atoms with Crippen LogP contribution < -0.4 is 15.5 Å². The van der Waals surface area contributed by atoms with Crippen LogP contribution >= 0.6 is 12.2 Å². The van der Waals surface area contributed by atoms with Gasteiger partial charge in [-0.05, 0) is 55.4 Å². The van der Waals surface area contributed by atoms with Crippen molar-refractivity contribution >= 4 is 28.8 Å². The molecule has 1 aromatic heterocycles. The Balaban J connectivity index is 1.49. The molecular weight excluding hydrogens is 320 g/mol. The van der Waals surface area contributed by atoms with E-state index in [0.717, 1.165) is 62.4 Å². The number of pyridine rings is 1. The summed E-state index contributed by atoms with van der Waals surface area (Å²) in [7, 11) is 0. The fraction of sp³-hybridized carbons (Fsp3) is 0.667. The maximum Gasteiger partial charge on any atom is 0.170 e. The van der Waals surface area contributed by atoms with Gasteiger partial charge in [0, 0.05) is 26.2 Å². The molecule has 2 saturated heterocycles. The molecule has 3 atom stereocenters. The molecule has 0 aliphatic carbocycles. The van der Waals surface area contributed by atoms with Crippen molar-refractivity contribution in [2.45, 2.75) is 39.2 Å². The van der Waals surface area contributed by atoms with Crippen molar-refractivity contribution in [3.63, 3.8) is 0 Å². The van der Waals surface area contributed by atoms with Crippen molar-refractivity contribution in [3.8, 4) is 0 Å². The summed E-state index contributed by atoms with van der Waals surface area (Å²) in [5.74, 6) is 2.50. The normalized spacial score (nSPS) is 27.1. The van der Waals surface area contributed by atoms with E-state index in [0.29, 0.717) is 5.11 Å². The van der Waals surface area contributed by atoms with E-state index in [4.69, 9.17) is 17.0 Å². The number of anilines is 2. The van der Waals surface area contributed by atoms with Crippen molar-refractivity contribution in [2.75, 3.05) is 36.5 Å². The third kappa shape index (κ3) is 4.80. The van der Waals surface area contributed by atoms with Crippen LogP contribution in [0.2, 0.25) is 0 Å². The molecule has 132 valence electrons. The summed E-state index contributed by atoms with van der Waals surface area (Å²) in [6.07, 6.45) is 5.71. The van der Waals surface area contributed by atoms with E-state index >= 15 is 0 Å². The van der Waals surface area contributed by atoms with E-state index in [1.54, 1.807) is 0 Å². The zero-order valence-corrected chi connectivity index (χ0v) is 15.4. The van der Waals surface area contributed by atoms with Crippen molar-refractivity contribution in [1.29, 1.82) is 0 Å². The summed E-state index contributed by atoms with van der Waals surface area (Å²) in [4.78, 5) is 7.00.